The number of benzene rings is 2. The number of carbonyl (C=O) groups excluding carboxylic acids is 1. The van der Waals surface area contributed by atoms with E-state index >= 15 is 0 Å². The Bertz CT molecular complexity index is 895. The number of nitrogens with zero attached hydrogens (tertiary/aromatic N) is 1. The number of phenols is 2. The Morgan fingerprint density at radius 1 is 1.17 bits per heavy atom. The number of rotatable bonds is 4. The van der Waals surface area contributed by atoms with Gasteiger partial charge in [-0.3, -0.25) is 4.79 Å². The smallest absolute Gasteiger partial charge is 0.253 e. The molecule has 122 valence electrons. The first-order valence-corrected chi connectivity index (χ1v) is 8.30. The van der Waals surface area contributed by atoms with Crippen molar-refractivity contribution in [3.05, 3.63) is 63.4 Å². The van der Waals surface area contributed by atoms with Gasteiger partial charge < -0.3 is 15.5 Å². The van der Waals surface area contributed by atoms with Crippen LogP contribution in [0.4, 0.5) is 0 Å². The number of halogens is 1. The molecule has 0 fully saturated rings. The SMILES string of the molecule is O=C(NCc1nc(-c2ccc(O)c(O)c2)cs1)c1ccccc1Cl. The summed E-state index contributed by atoms with van der Waals surface area (Å²) in [6.07, 6.45) is 0. The Balaban J connectivity index is 1.69. The molecule has 0 aliphatic rings. The number of aromatic nitrogens is 1. The molecule has 5 nitrogen and oxygen atoms in total. The fourth-order valence-corrected chi connectivity index (χ4v) is 3.07. The highest BCUT2D eigenvalue weighted by Crippen LogP contribution is 2.31. The number of phenolic OH excluding ortho intramolecular Hbond substituents is 2. The summed E-state index contributed by atoms with van der Waals surface area (Å²) in [6, 6.07) is 11.3. The van der Waals surface area contributed by atoms with Gasteiger partial charge in [0.15, 0.2) is 11.5 Å². The first-order valence-electron chi connectivity index (χ1n) is 7.04. The van der Waals surface area contributed by atoms with Crippen LogP contribution >= 0.6 is 22.9 Å². The number of amides is 1. The van der Waals surface area contributed by atoms with Gasteiger partial charge in [-0.05, 0) is 30.3 Å². The standard InChI is InChI=1S/C17H13ClN2O3S/c18-12-4-2-1-3-11(12)17(23)19-8-16-20-13(9-24-16)10-5-6-14(21)15(22)7-10/h1-7,9,21-22H,8H2,(H,19,23). The van der Waals surface area contributed by atoms with Crippen molar-refractivity contribution in [2.45, 2.75) is 6.54 Å². The van der Waals surface area contributed by atoms with Gasteiger partial charge in [0, 0.05) is 10.9 Å². The van der Waals surface area contributed by atoms with Crippen LogP contribution in [0.1, 0.15) is 15.4 Å². The normalized spacial score (nSPS) is 10.5. The van der Waals surface area contributed by atoms with E-state index in [-0.39, 0.29) is 24.0 Å². The third kappa shape index (κ3) is 3.50. The van der Waals surface area contributed by atoms with Crippen molar-refractivity contribution in [2.75, 3.05) is 0 Å². The van der Waals surface area contributed by atoms with Crippen molar-refractivity contribution in [2.24, 2.45) is 0 Å². The van der Waals surface area contributed by atoms with Crippen LogP contribution < -0.4 is 5.32 Å². The summed E-state index contributed by atoms with van der Waals surface area (Å²) in [5.41, 5.74) is 1.77. The monoisotopic (exact) mass is 360 g/mol. The van der Waals surface area contributed by atoms with Crippen molar-refractivity contribution >= 4 is 28.8 Å². The zero-order valence-corrected chi connectivity index (χ0v) is 13.9. The zero-order valence-electron chi connectivity index (χ0n) is 12.4. The van der Waals surface area contributed by atoms with Crippen LogP contribution in [0, 0.1) is 0 Å². The third-order valence-electron chi connectivity index (χ3n) is 3.34. The molecule has 0 atom stereocenters. The second-order valence-corrected chi connectivity index (χ2v) is 6.34. The fraction of sp³-hybridized carbons (Fsp3) is 0.0588. The van der Waals surface area contributed by atoms with E-state index < -0.39 is 0 Å². The zero-order chi connectivity index (χ0) is 17.1. The third-order valence-corrected chi connectivity index (χ3v) is 4.52. The van der Waals surface area contributed by atoms with Gasteiger partial charge in [-0.1, -0.05) is 23.7 Å². The average molecular weight is 361 g/mol. The summed E-state index contributed by atoms with van der Waals surface area (Å²) in [7, 11) is 0. The molecule has 3 N–H and O–H groups in total. The topological polar surface area (TPSA) is 82.5 Å². The van der Waals surface area contributed by atoms with Gasteiger partial charge in [0.2, 0.25) is 0 Å². The van der Waals surface area contributed by atoms with E-state index in [1.165, 1.54) is 23.5 Å². The number of aromatic hydroxyl groups is 2. The van der Waals surface area contributed by atoms with E-state index in [9.17, 15) is 15.0 Å². The van der Waals surface area contributed by atoms with Crippen LogP contribution in [0.25, 0.3) is 11.3 Å². The largest absolute Gasteiger partial charge is 0.504 e. The molecular formula is C17H13ClN2O3S. The van der Waals surface area contributed by atoms with Crippen LogP contribution in [-0.2, 0) is 6.54 Å². The summed E-state index contributed by atoms with van der Waals surface area (Å²) < 4.78 is 0. The Labute approximate surface area is 147 Å². The minimum Gasteiger partial charge on any atom is -0.504 e. The summed E-state index contributed by atoms with van der Waals surface area (Å²) in [4.78, 5) is 16.5. The second-order valence-electron chi connectivity index (χ2n) is 4.99. The summed E-state index contributed by atoms with van der Waals surface area (Å²) in [5, 5.41) is 24.6. The van der Waals surface area contributed by atoms with Crippen molar-refractivity contribution in [1.29, 1.82) is 0 Å². The Hall–Kier alpha value is -2.57. The number of nitrogens with one attached hydrogen (secondary N) is 1. The van der Waals surface area contributed by atoms with Gasteiger partial charge in [0.1, 0.15) is 5.01 Å². The minimum atomic E-state index is -0.264. The molecule has 2 aromatic carbocycles. The number of carbonyl (C=O) groups is 1. The van der Waals surface area contributed by atoms with Gasteiger partial charge in [0.05, 0.1) is 22.8 Å². The predicted octanol–water partition coefficient (Wildman–Crippen LogP) is 3.80. The molecule has 1 aromatic heterocycles. The fourth-order valence-electron chi connectivity index (χ4n) is 2.10. The highest BCUT2D eigenvalue weighted by atomic mass is 35.5. The first kappa shape index (κ1) is 16.3. The lowest BCUT2D eigenvalue weighted by Gasteiger charge is -2.04. The quantitative estimate of drug-likeness (QED) is 0.618. The molecule has 0 radical (unpaired) electrons. The Kier molecular flexibility index (Phi) is 4.69. The van der Waals surface area contributed by atoms with E-state index in [1.807, 2.05) is 5.38 Å². The van der Waals surface area contributed by atoms with Crippen molar-refractivity contribution in [3.8, 4) is 22.8 Å². The summed E-state index contributed by atoms with van der Waals surface area (Å²) >= 11 is 7.39. The molecule has 1 amide bonds. The van der Waals surface area contributed by atoms with Crippen LogP contribution in [0.2, 0.25) is 5.02 Å². The van der Waals surface area contributed by atoms with E-state index in [2.05, 4.69) is 10.3 Å². The average Bonchev–Trinajstić information content (AvgIpc) is 3.04. The Morgan fingerprint density at radius 2 is 1.96 bits per heavy atom. The molecule has 0 spiro atoms. The van der Waals surface area contributed by atoms with Crippen molar-refractivity contribution in [3.63, 3.8) is 0 Å². The lowest BCUT2D eigenvalue weighted by atomic mass is 10.1. The van der Waals surface area contributed by atoms with E-state index in [4.69, 9.17) is 11.6 Å². The molecular weight excluding hydrogens is 348 g/mol. The van der Waals surface area contributed by atoms with Gasteiger partial charge in [-0.15, -0.1) is 11.3 Å². The second kappa shape index (κ2) is 6.90. The number of hydrogen-bond acceptors (Lipinski definition) is 5. The minimum absolute atomic E-state index is 0.179. The predicted molar refractivity (Wildman–Crippen MR) is 93.5 cm³/mol. The lowest BCUT2D eigenvalue weighted by molar-refractivity contribution is 0.0951. The molecule has 7 heteroatoms. The molecule has 24 heavy (non-hydrogen) atoms. The Morgan fingerprint density at radius 3 is 2.71 bits per heavy atom. The highest BCUT2D eigenvalue weighted by Gasteiger charge is 2.11. The van der Waals surface area contributed by atoms with Gasteiger partial charge >= 0.3 is 0 Å². The first-order chi connectivity index (χ1) is 11.5. The molecule has 0 saturated heterocycles. The maximum atomic E-state index is 12.1. The number of thiazole rings is 1. The van der Waals surface area contributed by atoms with Crippen molar-refractivity contribution in [1.82, 2.24) is 10.3 Å². The summed E-state index contributed by atoms with van der Waals surface area (Å²) in [6.45, 7) is 0.277. The molecule has 3 aromatic rings. The van der Waals surface area contributed by atoms with Crippen molar-refractivity contribution < 1.29 is 15.0 Å². The van der Waals surface area contributed by atoms with Crippen LogP contribution in [0.5, 0.6) is 11.5 Å². The molecule has 1 heterocycles. The molecule has 0 saturated carbocycles. The van der Waals surface area contributed by atoms with E-state index in [1.54, 1.807) is 30.3 Å². The van der Waals surface area contributed by atoms with Crippen LogP contribution in [0.3, 0.4) is 0 Å². The van der Waals surface area contributed by atoms with E-state index in [0.29, 0.717) is 21.8 Å². The van der Waals surface area contributed by atoms with Gasteiger partial charge in [-0.25, -0.2) is 4.98 Å². The molecule has 0 unspecified atom stereocenters. The lowest BCUT2D eigenvalue weighted by Crippen LogP contribution is -2.22. The van der Waals surface area contributed by atoms with Gasteiger partial charge in [-0.2, -0.15) is 0 Å². The highest BCUT2D eigenvalue weighted by molar-refractivity contribution is 7.09. The maximum absolute atomic E-state index is 12.1. The van der Waals surface area contributed by atoms with Gasteiger partial charge in [0.25, 0.3) is 5.91 Å². The van der Waals surface area contributed by atoms with Crippen LogP contribution in [0.15, 0.2) is 47.8 Å². The van der Waals surface area contributed by atoms with Crippen LogP contribution in [-0.4, -0.2) is 21.1 Å². The summed E-state index contributed by atoms with van der Waals surface area (Å²) in [5.74, 6) is -0.644. The number of hydrogen-bond donors (Lipinski definition) is 3. The molecule has 3 rings (SSSR count). The maximum Gasteiger partial charge on any atom is 0.253 e. The van der Waals surface area contributed by atoms with E-state index in [0.717, 1.165) is 5.01 Å². The molecule has 0 bridgehead atoms. The molecule has 0 aliphatic carbocycles. The molecule has 0 aliphatic heterocycles.